The summed E-state index contributed by atoms with van der Waals surface area (Å²) in [4.78, 5) is 8.68. The van der Waals surface area contributed by atoms with Gasteiger partial charge >= 0.3 is 0 Å². The Morgan fingerprint density at radius 1 is 0.875 bits per heavy atom. The number of piperazine rings is 1. The van der Waals surface area contributed by atoms with Crippen molar-refractivity contribution in [2.75, 3.05) is 44.2 Å². The average molecular weight is 459 g/mol. The highest BCUT2D eigenvalue weighted by atomic mass is 32.2. The van der Waals surface area contributed by atoms with Gasteiger partial charge in [0, 0.05) is 41.9 Å². The van der Waals surface area contributed by atoms with E-state index in [0.29, 0.717) is 0 Å². The Labute approximate surface area is 198 Å². The predicted octanol–water partition coefficient (Wildman–Crippen LogP) is 6.54. The second-order valence-electron chi connectivity index (χ2n) is 7.52. The van der Waals surface area contributed by atoms with Gasteiger partial charge in [-0.15, -0.1) is 0 Å². The van der Waals surface area contributed by atoms with E-state index in [1.165, 1.54) is 4.90 Å². The summed E-state index contributed by atoms with van der Waals surface area (Å²) in [5, 5.41) is 0. The second kappa shape index (κ2) is 12.6. The van der Waals surface area contributed by atoms with Gasteiger partial charge in [0.05, 0.1) is 11.4 Å². The highest BCUT2D eigenvalue weighted by molar-refractivity contribution is 7.99. The molecular weight excluding hydrogens is 423 g/mol. The largest absolute Gasteiger partial charge is 0.351 e. The molecular formula is C25H36BF2N3S. The Morgan fingerprint density at radius 3 is 2.16 bits per heavy atom. The van der Waals surface area contributed by atoms with E-state index in [2.05, 4.69) is 21.9 Å². The summed E-state index contributed by atoms with van der Waals surface area (Å²) in [6, 6.07) is 13.2. The van der Waals surface area contributed by atoms with Gasteiger partial charge in [-0.1, -0.05) is 57.7 Å². The van der Waals surface area contributed by atoms with E-state index >= 15 is 0 Å². The Kier molecular flexibility index (Phi) is 10.5. The molecule has 0 saturated carbocycles. The number of halogens is 2. The van der Waals surface area contributed by atoms with Gasteiger partial charge in [-0.2, -0.15) is 0 Å². The van der Waals surface area contributed by atoms with E-state index in [-0.39, 0.29) is 5.56 Å². The lowest BCUT2D eigenvalue weighted by Crippen LogP contribution is -2.45. The van der Waals surface area contributed by atoms with Crippen molar-refractivity contribution in [1.29, 1.82) is 0 Å². The molecule has 2 radical (unpaired) electrons. The summed E-state index contributed by atoms with van der Waals surface area (Å²) in [5.74, 6) is -2.84. The molecule has 32 heavy (non-hydrogen) atoms. The van der Waals surface area contributed by atoms with Crippen LogP contribution in [0.3, 0.4) is 0 Å². The lowest BCUT2D eigenvalue weighted by molar-refractivity contribution is 0.0174. The minimum absolute atomic E-state index is 0.0651. The zero-order valence-electron chi connectivity index (χ0n) is 20.1. The van der Waals surface area contributed by atoms with Crippen molar-refractivity contribution in [3.05, 3.63) is 48.0 Å². The number of hydrogen-bond donors (Lipinski definition) is 0. The smallest absolute Gasteiger partial charge is 0.270 e. The summed E-state index contributed by atoms with van der Waals surface area (Å²) >= 11 is 1.65. The SMILES string of the molecule is CC.CC.[B]N1CCN(CCCN2c3ccccc3Sc3ccc(C(C)(F)F)cc32)CC1. The standard InChI is InChI=1S/C21H24BF2N3S.2C2H6/c1-21(23,24)16-7-8-20-18(15-16)27(17-5-2-3-6-19(17)28-20)10-4-9-25-11-13-26(22)14-12-25;2*1-2/h2-3,5-8,15H,4,9-14H2,1H3;2*1-2H3. The third kappa shape index (κ3) is 6.72. The van der Waals surface area contributed by atoms with Gasteiger partial charge < -0.3 is 14.6 Å². The molecule has 3 nitrogen and oxygen atoms in total. The first-order valence-corrected chi connectivity index (χ1v) is 12.5. The van der Waals surface area contributed by atoms with Crippen LogP contribution in [0.25, 0.3) is 0 Å². The normalized spacial score (nSPS) is 16.2. The summed E-state index contributed by atoms with van der Waals surface area (Å²) in [7, 11) is 5.83. The van der Waals surface area contributed by atoms with Crippen LogP contribution in [0.5, 0.6) is 0 Å². The first kappa shape index (κ1) is 26.7. The molecule has 2 aliphatic heterocycles. The number of alkyl halides is 2. The van der Waals surface area contributed by atoms with Gasteiger partial charge in [0.2, 0.25) is 0 Å². The van der Waals surface area contributed by atoms with Gasteiger partial charge in [-0.3, -0.25) is 0 Å². The van der Waals surface area contributed by atoms with Crippen LogP contribution in [0.15, 0.2) is 52.3 Å². The van der Waals surface area contributed by atoms with E-state index in [9.17, 15) is 8.78 Å². The molecule has 1 fully saturated rings. The second-order valence-corrected chi connectivity index (χ2v) is 8.61. The van der Waals surface area contributed by atoms with Crippen molar-refractivity contribution >= 4 is 31.1 Å². The van der Waals surface area contributed by atoms with Gasteiger partial charge in [0.25, 0.3) is 5.92 Å². The predicted molar refractivity (Wildman–Crippen MR) is 135 cm³/mol. The van der Waals surface area contributed by atoms with Gasteiger partial charge in [-0.25, -0.2) is 8.78 Å². The van der Waals surface area contributed by atoms with Crippen molar-refractivity contribution in [3.8, 4) is 0 Å². The zero-order chi connectivity index (χ0) is 23.7. The number of benzene rings is 2. The van der Waals surface area contributed by atoms with Crippen LogP contribution in [0.4, 0.5) is 20.2 Å². The molecule has 0 atom stereocenters. The monoisotopic (exact) mass is 459 g/mol. The molecule has 0 aromatic heterocycles. The third-order valence-corrected chi connectivity index (χ3v) is 6.53. The lowest BCUT2D eigenvalue weighted by atomic mass is 10.1. The van der Waals surface area contributed by atoms with Gasteiger partial charge in [0.15, 0.2) is 7.98 Å². The first-order chi connectivity index (χ1) is 15.4. The van der Waals surface area contributed by atoms with Crippen molar-refractivity contribution in [1.82, 2.24) is 9.71 Å². The molecule has 0 spiro atoms. The molecule has 174 valence electrons. The maximum atomic E-state index is 13.9. The highest BCUT2D eigenvalue weighted by Crippen LogP contribution is 2.49. The molecule has 0 bridgehead atoms. The Hall–Kier alpha value is -1.57. The van der Waals surface area contributed by atoms with Gasteiger partial charge in [-0.05, 0) is 50.3 Å². The molecule has 7 heteroatoms. The Bertz CT molecular complexity index is 836. The average Bonchev–Trinajstić information content (AvgIpc) is 2.81. The van der Waals surface area contributed by atoms with E-state index in [1.54, 1.807) is 23.9 Å². The van der Waals surface area contributed by atoms with Crippen molar-refractivity contribution in [2.45, 2.75) is 56.8 Å². The van der Waals surface area contributed by atoms with Crippen LogP contribution < -0.4 is 4.90 Å². The molecule has 0 unspecified atom stereocenters. The quantitative estimate of drug-likeness (QED) is 0.469. The number of rotatable bonds is 5. The van der Waals surface area contributed by atoms with E-state index in [1.807, 2.05) is 50.7 Å². The molecule has 2 aliphatic rings. The van der Waals surface area contributed by atoms with E-state index in [4.69, 9.17) is 7.98 Å². The Balaban J connectivity index is 0.000000860. The first-order valence-electron chi connectivity index (χ1n) is 11.7. The fraction of sp³-hybridized carbons (Fsp3) is 0.520. The fourth-order valence-corrected chi connectivity index (χ4v) is 4.86. The molecule has 0 amide bonds. The van der Waals surface area contributed by atoms with Crippen molar-refractivity contribution in [2.24, 2.45) is 0 Å². The minimum atomic E-state index is -2.84. The van der Waals surface area contributed by atoms with Crippen LogP contribution in [0.2, 0.25) is 0 Å². The number of anilines is 2. The molecule has 2 heterocycles. The Morgan fingerprint density at radius 2 is 1.50 bits per heavy atom. The van der Waals surface area contributed by atoms with Crippen LogP contribution in [-0.4, -0.2) is 57.0 Å². The number of nitrogens with zero attached hydrogens (tertiary/aromatic N) is 3. The molecule has 4 rings (SSSR count). The van der Waals surface area contributed by atoms with E-state index < -0.39 is 5.92 Å². The number of fused-ring (bicyclic) bond motifs is 2. The summed E-state index contributed by atoms with van der Waals surface area (Å²) in [5.41, 5.74) is 2.05. The summed E-state index contributed by atoms with van der Waals surface area (Å²) in [6.45, 7) is 14.5. The topological polar surface area (TPSA) is 9.72 Å². The van der Waals surface area contributed by atoms with Crippen molar-refractivity contribution < 1.29 is 8.78 Å². The van der Waals surface area contributed by atoms with E-state index in [0.717, 1.165) is 68.9 Å². The van der Waals surface area contributed by atoms with Gasteiger partial charge in [0.1, 0.15) is 0 Å². The molecule has 0 N–H and O–H groups in total. The molecule has 0 aliphatic carbocycles. The maximum absolute atomic E-state index is 13.9. The molecule has 2 aromatic rings. The van der Waals surface area contributed by atoms with Crippen LogP contribution in [-0.2, 0) is 5.92 Å². The minimum Gasteiger partial charge on any atom is -0.351 e. The maximum Gasteiger partial charge on any atom is 0.270 e. The lowest BCUT2D eigenvalue weighted by Gasteiger charge is -2.35. The fourth-order valence-electron chi connectivity index (χ4n) is 3.78. The highest BCUT2D eigenvalue weighted by Gasteiger charge is 2.29. The van der Waals surface area contributed by atoms with Crippen molar-refractivity contribution in [3.63, 3.8) is 0 Å². The van der Waals surface area contributed by atoms with Crippen LogP contribution >= 0.6 is 11.8 Å². The number of para-hydroxylation sites is 1. The third-order valence-electron chi connectivity index (χ3n) is 5.40. The summed E-state index contributed by atoms with van der Waals surface area (Å²) in [6.07, 6.45) is 0.968. The summed E-state index contributed by atoms with van der Waals surface area (Å²) < 4.78 is 27.9. The number of hydrogen-bond acceptors (Lipinski definition) is 4. The molecule has 2 aromatic carbocycles. The molecule has 1 saturated heterocycles. The van der Waals surface area contributed by atoms with Crippen LogP contribution in [0.1, 0.15) is 46.6 Å². The zero-order valence-corrected chi connectivity index (χ0v) is 20.9. The van der Waals surface area contributed by atoms with Crippen LogP contribution in [0, 0.1) is 0 Å².